The van der Waals surface area contributed by atoms with Gasteiger partial charge in [0.25, 0.3) is 0 Å². The van der Waals surface area contributed by atoms with Gasteiger partial charge in [0, 0.05) is 6.04 Å². The van der Waals surface area contributed by atoms with Crippen molar-refractivity contribution in [2.45, 2.75) is 25.0 Å². The predicted octanol–water partition coefficient (Wildman–Crippen LogP) is 2.93. The molecule has 1 aromatic heterocycles. The van der Waals surface area contributed by atoms with Crippen molar-refractivity contribution in [2.75, 3.05) is 5.75 Å². The Morgan fingerprint density at radius 2 is 2.28 bits per heavy atom. The highest BCUT2D eigenvalue weighted by Crippen LogP contribution is 2.28. The molecule has 0 radical (unpaired) electrons. The van der Waals surface area contributed by atoms with Gasteiger partial charge < -0.3 is 9.67 Å². The zero-order chi connectivity index (χ0) is 13.3. The second-order valence-electron chi connectivity index (χ2n) is 4.17. The minimum atomic E-state index is -0.895. The molecular weight excluding hydrogens is 255 g/mol. The molecule has 1 N–H and O–H groups in total. The lowest BCUT2D eigenvalue weighted by atomic mass is 10.3. The molecule has 1 aromatic carbocycles. The molecule has 96 valence electrons. The van der Waals surface area contributed by atoms with Crippen LogP contribution in [0.25, 0.3) is 11.0 Å². The molecule has 2 rings (SSSR count). The van der Waals surface area contributed by atoms with Gasteiger partial charge in [0.1, 0.15) is 5.82 Å². The summed E-state index contributed by atoms with van der Waals surface area (Å²) in [6.07, 6.45) is 0. The fourth-order valence-corrected chi connectivity index (χ4v) is 2.63. The van der Waals surface area contributed by atoms with Gasteiger partial charge in [-0.05, 0) is 32.0 Å². The average molecular weight is 268 g/mol. The number of halogens is 1. The number of carboxylic acids is 1. The maximum atomic E-state index is 13.3. The van der Waals surface area contributed by atoms with Gasteiger partial charge in [0.05, 0.1) is 16.8 Å². The van der Waals surface area contributed by atoms with Crippen LogP contribution < -0.4 is 0 Å². The summed E-state index contributed by atoms with van der Waals surface area (Å²) in [7, 11) is 0. The number of nitrogens with zero attached hydrogens (tertiary/aromatic N) is 2. The molecule has 0 spiro atoms. The van der Waals surface area contributed by atoms with Crippen molar-refractivity contribution in [3.8, 4) is 0 Å². The predicted molar refractivity (Wildman–Crippen MR) is 68.4 cm³/mol. The molecule has 6 heteroatoms. The Labute approximate surface area is 108 Å². The normalized spacial score (nSPS) is 11.3. The minimum Gasteiger partial charge on any atom is -0.481 e. The molecule has 2 aromatic rings. The lowest BCUT2D eigenvalue weighted by Gasteiger charge is -2.11. The zero-order valence-corrected chi connectivity index (χ0v) is 10.9. The summed E-state index contributed by atoms with van der Waals surface area (Å²) in [5.74, 6) is -1.27. The van der Waals surface area contributed by atoms with Crippen molar-refractivity contribution in [1.29, 1.82) is 0 Å². The van der Waals surface area contributed by atoms with E-state index in [0.29, 0.717) is 16.2 Å². The maximum absolute atomic E-state index is 13.3. The summed E-state index contributed by atoms with van der Waals surface area (Å²) in [6.45, 7) is 3.91. The summed E-state index contributed by atoms with van der Waals surface area (Å²) in [5.41, 5.74) is 1.37. The molecule has 0 saturated heterocycles. The number of carbonyl (C=O) groups is 1. The highest BCUT2D eigenvalue weighted by atomic mass is 32.2. The van der Waals surface area contributed by atoms with E-state index >= 15 is 0 Å². The van der Waals surface area contributed by atoms with E-state index in [1.807, 2.05) is 18.4 Å². The molecule has 0 bridgehead atoms. The van der Waals surface area contributed by atoms with Crippen LogP contribution in [0.4, 0.5) is 4.39 Å². The van der Waals surface area contributed by atoms with Crippen LogP contribution >= 0.6 is 11.8 Å². The number of benzene rings is 1. The lowest BCUT2D eigenvalue weighted by Crippen LogP contribution is -2.05. The van der Waals surface area contributed by atoms with E-state index in [1.54, 1.807) is 6.07 Å². The van der Waals surface area contributed by atoms with Crippen LogP contribution in [-0.4, -0.2) is 26.4 Å². The molecule has 0 aliphatic carbocycles. The number of carboxylic acid groups (broad SMARTS) is 1. The zero-order valence-electron chi connectivity index (χ0n) is 10.1. The van der Waals surface area contributed by atoms with Gasteiger partial charge in [-0.15, -0.1) is 0 Å². The van der Waals surface area contributed by atoms with Gasteiger partial charge in [-0.2, -0.15) is 0 Å². The van der Waals surface area contributed by atoms with E-state index < -0.39 is 5.97 Å². The lowest BCUT2D eigenvalue weighted by molar-refractivity contribution is -0.133. The van der Waals surface area contributed by atoms with Gasteiger partial charge in [-0.3, -0.25) is 4.79 Å². The van der Waals surface area contributed by atoms with Crippen molar-refractivity contribution in [1.82, 2.24) is 9.55 Å². The summed E-state index contributed by atoms with van der Waals surface area (Å²) < 4.78 is 15.1. The molecule has 0 amide bonds. The van der Waals surface area contributed by atoms with E-state index in [0.717, 1.165) is 11.8 Å². The van der Waals surface area contributed by atoms with Gasteiger partial charge in [0.2, 0.25) is 0 Å². The van der Waals surface area contributed by atoms with Crippen molar-refractivity contribution in [3.63, 3.8) is 0 Å². The summed E-state index contributed by atoms with van der Waals surface area (Å²) >= 11 is 1.14. The minimum absolute atomic E-state index is 0.0570. The van der Waals surface area contributed by atoms with E-state index in [2.05, 4.69) is 4.98 Å². The van der Waals surface area contributed by atoms with Crippen LogP contribution in [0.3, 0.4) is 0 Å². The number of hydrogen-bond donors (Lipinski definition) is 1. The van der Waals surface area contributed by atoms with Crippen LogP contribution in [-0.2, 0) is 4.79 Å². The summed E-state index contributed by atoms with van der Waals surface area (Å²) in [4.78, 5) is 14.9. The number of aromatic nitrogens is 2. The third kappa shape index (κ3) is 2.48. The SMILES string of the molecule is CC(C)n1c(SCC(=O)O)nc2ccc(F)cc21. The second kappa shape index (κ2) is 4.97. The molecular formula is C12H13FN2O2S. The molecule has 0 aliphatic heterocycles. The summed E-state index contributed by atoms with van der Waals surface area (Å²) in [6, 6.07) is 4.47. The van der Waals surface area contributed by atoms with Gasteiger partial charge in [0.15, 0.2) is 5.16 Å². The smallest absolute Gasteiger partial charge is 0.313 e. The highest BCUT2D eigenvalue weighted by molar-refractivity contribution is 7.99. The van der Waals surface area contributed by atoms with Gasteiger partial charge >= 0.3 is 5.97 Å². The molecule has 0 fully saturated rings. The number of aliphatic carboxylic acids is 1. The maximum Gasteiger partial charge on any atom is 0.313 e. The summed E-state index contributed by atoms with van der Waals surface area (Å²) in [5, 5.41) is 9.31. The largest absolute Gasteiger partial charge is 0.481 e. The first kappa shape index (κ1) is 12.9. The topological polar surface area (TPSA) is 55.1 Å². The standard InChI is InChI=1S/C12H13FN2O2S/c1-7(2)15-10-5-8(13)3-4-9(10)14-12(15)18-6-11(16)17/h3-5,7H,6H2,1-2H3,(H,16,17). The molecule has 0 aliphatic rings. The van der Waals surface area contributed by atoms with E-state index in [1.165, 1.54) is 12.1 Å². The fourth-order valence-electron chi connectivity index (χ4n) is 1.77. The van der Waals surface area contributed by atoms with Crippen LogP contribution in [0.2, 0.25) is 0 Å². The fraction of sp³-hybridized carbons (Fsp3) is 0.333. The van der Waals surface area contributed by atoms with E-state index in [9.17, 15) is 9.18 Å². The Kier molecular flexibility index (Phi) is 3.56. The van der Waals surface area contributed by atoms with Crippen LogP contribution in [0.1, 0.15) is 19.9 Å². The Morgan fingerprint density at radius 1 is 1.56 bits per heavy atom. The van der Waals surface area contributed by atoms with E-state index in [4.69, 9.17) is 5.11 Å². The first-order valence-corrected chi connectivity index (χ1v) is 6.49. The highest BCUT2D eigenvalue weighted by Gasteiger charge is 2.15. The number of rotatable bonds is 4. The molecule has 1 heterocycles. The average Bonchev–Trinajstić information content (AvgIpc) is 2.63. The number of thioether (sulfide) groups is 1. The van der Waals surface area contributed by atoms with Crippen molar-refractivity contribution in [2.24, 2.45) is 0 Å². The van der Waals surface area contributed by atoms with Crippen molar-refractivity contribution < 1.29 is 14.3 Å². The molecule has 0 unspecified atom stereocenters. The second-order valence-corrected chi connectivity index (χ2v) is 5.12. The molecule has 18 heavy (non-hydrogen) atoms. The third-order valence-corrected chi connectivity index (χ3v) is 3.40. The first-order chi connectivity index (χ1) is 8.49. The van der Waals surface area contributed by atoms with Crippen LogP contribution in [0.5, 0.6) is 0 Å². The van der Waals surface area contributed by atoms with Crippen LogP contribution in [0, 0.1) is 5.82 Å². The Bertz CT molecular complexity index is 595. The number of fused-ring (bicyclic) bond motifs is 1. The van der Waals surface area contributed by atoms with Crippen molar-refractivity contribution >= 4 is 28.8 Å². The van der Waals surface area contributed by atoms with Crippen molar-refractivity contribution in [3.05, 3.63) is 24.0 Å². The van der Waals surface area contributed by atoms with E-state index in [-0.39, 0.29) is 17.6 Å². The molecule has 0 atom stereocenters. The third-order valence-electron chi connectivity index (χ3n) is 2.46. The number of hydrogen-bond acceptors (Lipinski definition) is 3. The van der Waals surface area contributed by atoms with Crippen LogP contribution in [0.15, 0.2) is 23.4 Å². The monoisotopic (exact) mass is 268 g/mol. The molecule has 4 nitrogen and oxygen atoms in total. The Balaban J connectivity index is 2.51. The Morgan fingerprint density at radius 3 is 2.89 bits per heavy atom. The van der Waals surface area contributed by atoms with Gasteiger partial charge in [-0.1, -0.05) is 11.8 Å². The quantitative estimate of drug-likeness (QED) is 0.866. The Hall–Kier alpha value is -1.56. The van der Waals surface area contributed by atoms with Gasteiger partial charge in [-0.25, -0.2) is 9.37 Å². The molecule has 0 saturated carbocycles. The first-order valence-electron chi connectivity index (χ1n) is 5.51. The number of imidazole rings is 1.